The molecule has 4 amide bonds. The summed E-state index contributed by atoms with van der Waals surface area (Å²) in [6, 6.07) is 20.0. The number of ether oxygens (including phenoxy) is 2. The van der Waals surface area contributed by atoms with Gasteiger partial charge in [0.1, 0.15) is 22.9 Å². The van der Waals surface area contributed by atoms with Crippen LogP contribution in [0.4, 0.5) is 34.1 Å². The molecule has 5 atom stereocenters. The van der Waals surface area contributed by atoms with Crippen molar-refractivity contribution in [2.75, 3.05) is 35.5 Å². The Balaban J connectivity index is 1.28. The van der Waals surface area contributed by atoms with Crippen molar-refractivity contribution in [2.45, 2.75) is 62.8 Å². The van der Waals surface area contributed by atoms with Gasteiger partial charge in [-0.1, -0.05) is 47.5 Å². The third-order valence-electron chi connectivity index (χ3n) is 10.1. The summed E-state index contributed by atoms with van der Waals surface area (Å²) in [7, 11) is 2.91. The summed E-state index contributed by atoms with van der Waals surface area (Å²) in [6.45, 7) is 7.50. The first-order chi connectivity index (χ1) is 32.7. The zero-order valence-electron chi connectivity index (χ0n) is 38.0. The second-order valence-corrected chi connectivity index (χ2v) is 17.9. The third kappa shape index (κ3) is 13.6. The van der Waals surface area contributed by atoms with Crippen LogP contribution in [0.1, 0.15) is 88.2 Å². The minimum atomic E-state index is -1.66. The number of carbonyl (C=O) groups is 6. The number of carbonyl (C=O) groups excluding carboxylic acids is 6. The van der Waals surface area contributed by atoms with E-state index in [4.69, 9.17) is 67.5 Å². The predicted molar refractivity (Wildman–Crippen MR) is 269 cm³/mol. The maximum Gasteiger partial charge on any atom is 0.258 e. The number of Topliss-reactive ketones (excluding diaryl/α,β-unsaturated/α-hetero) is 2. The van der Waals surface area contributed by atoms with Crippen LogP contribution >= 0.6 is 58.0 Å². The highest BCUT2D eigenvalue weighted by molar-refractivity contribution is 6.37. The topological polar surface area (TPSA) is 218 Å². The average Bonchev–Trinajstić information content (AvgIpc) is 3.30. The van der Waals surface area contributed by atoms with Crippen molar-refractivity contribution in [1.82, 2.24) is 0 Å². The van der Waals surface area contributed by atoms with Crippen LogP contribution in [0.25, 0.3) is 0 Å². The van der Waals surface area contributed by atoms with Crippen LogP contribution in [-0.4, -0.2) is 61.5 Å². The molecule has 0 radical (unpaired) electrons. The van der Waals surface area contributed by atoms with E-state index in [2.05, 4.69) is 41.7 Å². The molecule has 5 unspecified atom stereocenters. The van der Waals surface area contributed by atoms with Crippen molar-refractivity contribution >= 4 is 127 Å². The second-order valence-electron chi connectivity index (χ2n) is 15.2. The van der Waals surface area contributed by atoms with E-state index in [9.17, 15) is 28.8 Å². The van der Waals surface area contributed by atoms with E-state index in [1.54, 1.807) is 57.2 Å². The van der Waals surface area contributed by atoms with E-state index in [0.29, 0.717) is 28.4 Å². The normalized spacial score (nSPS) is 13.4. The molecule has 69 heavy (non-hydrogen) atoms. The maximum absolute atomic E-state index is 13.6. The monoisotopic (exact) mass is 1040 g/mol. The highest BCUT2D eigenvalue weighted by Crippen LogP contribution is 2.36. The van der Waals surface area contributed by atoms with Crippen LogP contribution in [0, 0.1) is 0 Å². The summed E-state index contributed by atoms with van der Waals surface area (Å²) >= 11 is 32.1. The summed E-state index contributed by atoms with van der Waals surface area (Å²) in [5.41, 5.74) is 3.01. The molecule has 360 valence electrons. The molecule has 0 bridgehead atoms. The van der Waals surface area contributed by atoms with E-state index < -0.39 is 52.7 Å². The molecular weight excluding hydrogens is 994 g/mol. The van der Waals surface area contributed by atoms with Crippen molar-refractivity contribution in [3.05, 3.63) is 129 Å². The van der Waals surface area contributed by atoms with Crippen LogP contribution in [-0.2, 0) is 19.2 Å². The summed E-state index contributed by atoms with van der Waals surface area (Å²) in [5, 5.41) is 25.3. The third-order valence-corrected chi connectivity index (χ3v) is 11.7. The highest BCUT2D eigenvalue weighted by Gasteiger charge is 2.27. The molecular formula is C48H45Cl5N8O8. The molecule has 21 heteroatoms. The largest absolute Gasteiger partial charge is 0.495 e. The summed E-state index contributed by atoms with van der Waals surface area (Å²) < 4.78 is 10.8. The Hall–Kier alpha value is -6.43. The van der Waals surface area contributed by atoms with Crippen LogP contribution in [0.15, 0.2) is 111 Å². The number of methoxy groups -OCH3 is 2. The van der Waals surface area contributed by atoms with Gasteiger partial charge in [-0.2, -0.15) is 20.5 Å². The van der Waals surface area contributed by atoms with Gasteiger partial charge in [0.05, 0.1) is 62.9 Å². The molecule has 0 aliphatic carbocycles. The summed E-state index contributed by atoms with van der Waals surface area (Å²) in [6.07, 6.45) is 0. The molecule has 0 saturated heterocycles. The number of hydrogen-bond donors (Lipinski definition) is 4. The highest BCUT2D eigenvalue weighted by atomic mass is 35.5. The maximum atomic E-state index is 13.6. The molecule has 0 heterocycles. The minimum Gasteiger partial charge on any atom is -0.495 e. The quantitative estimate of drug-likeness (QED) is 0.0353. The van der Waals surface area contributed by atoms with Crippen LogP contribution in [0.5, 0.6) is 11.5 Å². The number of azo groups is 2. The number of benzene rings is 5. The van der Waals surface area contributed by atoms with Gasteiger partial charge in [0, 0.05) is 11.4 Å². The number of nitrogens with zero attached hydrogens (tertiary/aromatic N) is 4. The Morgan fingerprint density at radius 1 is 0.522 bits per heavy atom. The van der Waals surface area contributed by atoms with Crippen LogP contribution in [0.3, 0.4) is 0 Å². The lowest BCUT2D eigenvalue weighted by atomic mass is 10.1. The number of ketones is 2. The Kier molecular flexibility index (Phi) is 18.8. The molecule has 5 aromatic rings. The smallest absolute Gasteiger partial charge is 0.258 e. The number of rotatable bonds is 19. The molecule has 5 aromatic carbocycles. The lowest BCUT2D eigenvalue weighted by Gasteiger charge is -2.17. The van der Waals surface area contributed by atoms with E-state index in [1.165, 1.54) is 68.8 Å². The molecule has 0 saturated carbocycles. The number of nitrogens with one attached hydrogen (secondary N) is 4. The van der Waals surface area contributed by atoms with E-state index in [1.807, 2.05) is 0 Å². The van der Waals surface area contributed by atoms with Crippen molar-refractivity contribution in [3.63, 3.8) is 0 Å². The van der Waals surface area contributed by atoms with Gasteiger partial charge in [-0.3, -0.25) is 28.8 Å². The molecule has 0 spiro atoms. The van der Waals surface area contributed by atoms with Crippen molar-refractivity contribution in [2.24, 2.45) is 20.5 Å². The fourth-order valence-electron chi connectivity index (χ4n) is 6.41. The van der Waals surface area contributed by atoms with Crippen molar-refractivity contribution < 1.29 is 38.2 Å². The van der Waals surface area contributed by atoms with Crippen molar-refractivity contribution in [1.29, 1.82) is 0 Å². The molecule has 0 aliphatic rings. The molecule has 4 N–H and O–H groups in total. The van der Waals surface area contributed by atoms with Crippen LogP contribution < -0.4 is 30.7 Å². The zero-order valence-corrected chi connectivity index (χ0v) is 41.8. The molecule has 5 rings (SSSR count). The van der Waals surface area contributed by atoms with Gasteiger partial charge in [-0.05, 0) is 118 Å². The van der Waals surface area contributed by atoms with E-state index in [-0.39, 0.29) is 54.7 Å². The van der Waals surface area contributed by atoms with E-state index >= 15 is 0 Å². The average molecular weight is 1040 g/mol. The number of hydrogen-bond acceptors (Lipinski definition) is 12. The Morgan fingerprint density at radius 2 is 0.942 bits per heavy atom. The number of alkyl halides is 3. The van der Waals surface area contributed by atoms with Gasteiger partial charge in [0.2, 0.25) is 12.1 Å². The van der Waals surface area contributed by atoms with Crippen LogP contribution in [0.2, 0.25) is 10.0 Å². The van der Waals surface area contributed by atoms with Gasteiger partial charge in [0.15, 0.2) is 11.6 Å². The van der Waals surface area contributed by atoms with Gasteiger partial charge in [-0.15, -0.1) is 34.8 Å². The fourth-order valence-corrected chi connectivity index (χ4v) is 7.36. The van der Waals surface area contributed by atoms with Gasteiger partial charge < -0.3 is 30.7 Å². The fraction of sp³-hybridized carbons (Fsp3) is 0.250. The van der Waals surface area contributed by atoms with Gasteiger partial charge >= 0.3 is 0 Å². The molecule has 0 aliphatic heterocycles. The zero-order chi connectivity index (χ0) is 50.7. The predicted octanol–water partition coefficient (Wildman–Crippen LogP) is 12.8. The lowest BCUT2D eigenvalue weighted by Crippen LogP contribution is -2.32. The number of anilines is 4. The molecule has 0 aromatic heterocycles. The number of amides is 4. The first-order valence-corrected chi connectivity index (χ1v) is 22.9. The minimum absolute atomic E-state index is 0.00111. The lowest BCUT2D eigenvalue weighted by molar-refractivity contribution is -0.127. The van der Waals surface area contributed by atoms with E-state index in [0.717, 1.165) is 25.0 Å². The van der Waals surface area contributed by atoms with Crippen molar-refractivity contribution in [3.8, 4) is 11.5 Å². The van der Waals surface area contributed by atoms with Gasteiger partial charge in [0.25, 0.3) is 23.6 Å². The van der Waals surface area contributed by atoms with Gasteiger partial charge in [-0.25, -0.2) is 0 Å². The molecule has 0 fully saturated rings. The second kappa shape index (κ2) is 24.2. The Bertz CT molecular complexity index is 2860. The Labute approximate surface area is 422 Å². The Morgan fingerprint density at radius 3 is 1.33 bits per heavy atom. The first kappa shape index (κ1) is 53.5. The standard InChI is InChI=1S/C48H45Cl5N8O8/c1-23(49)28-14-17-35(39(20-28)68-6)56-45(64)31-10-8-12-37(41(31)52)58-60-43(26(4)62)47(66)54-30-16-19-34(33(22-30)25(3)51)55-48(67)44(27(5)63)61-59-38-13-9-11-32(42(38)53)46(65)57-36-18-15-29(24(2)50)21-40(36)69-7/h8-25,43-44H,1-7H3,(H,54,66)(H,55,67)(H,56,64)(H,57,65). The first-order valence-electron chi connectivity index (χ1n) is 20.8. The summed E-state index contributed by atoms with van der Waals surface area (Å²) in [5.74, 6) is -3.51. The SMILES string of the molecule is COc1cc(C(C)Cl)ccc1NC(=O)c1cccc(N=NC(C(C)=O)C(=O)Nc2ccc(NC(=O)C(N=Nc3cccc(C(=O)Nc4ccc(C(C)Cl)cc4OC)c3Cl)C(C)=O)c(C(C)Cl)c2)c1Cl. The summed E-state index contributed by atoms with van der Waals surface area (Å²) in [4.78, 5) is 79.1. The number of halogens is 5. The molecule has 16 nitrogen and oxygen atoms in total.